The number of hydrazone groups is 1. The lowest BCUT2D eigenvalue weighted by Crippen LogP contribution is -2.20. The van der Waals surface area contributed by atoms with Gasteiger partial charge in [-0.15, -0.1) is 0 Å². The molecule has 0 aliphatic rings. The van der Waals surface area contributed by atoms with Crippen molar-refractivity contribution >= 4 is 40.5 Å². The van der Waals surface area contributed by atoms with E-state index in [1.54, 1.807) is 62.4 Å². The van der Waals surface area contributed by atoms with Crippen LogP contribution in [0.1, 0.15) is 28.4 Å². The summed E-state index contributed by atoms with van der Waals surface area (Å²) in [5.41, 5.74) is 4.65. The van der Waals surface area contributed by atoms with Gasteiger partial charge >= 0.3 is 0 Å². The molecule has 3 aromatic carbocycles. The van der Waals surface area contributed by atoms with E-state index in [2.05, 4.69) is 15.8 Å². The number of nitro groups is 1. The van der Waals surface area contributed by atoms with Gasteiger partial charge in [-0.25, -0.2) is 5.43 Å². The average molecular weight is 481 g/mol. The summed E-state index contributed by atoms with van der Waals surface area (Å²) in [7, 11) is 0. The lowest BCUT2D eigenvalue weighted by molar-refractivity contribution is -0.385. The number of ether oxygens (including phenoxy) is 1. The van der Waals surface area contributed by atoms with Crippen LogP contribution in [-0.2, 0) is 4.79 Å². The van der Waals surface area contributed by atoms with Crippen LogP contribution in [0.4, 0.5) is 11.4 Å². The maximum atomic E-state index is 12.3. The van der Waals surface area contributed by atoms with E-state index >= 15 is 0 Å². The van der Waals surface area contributed by atoms with Gasteiger partial charge in [0.15, 0.2) is 6.61 Å². The monoisotopic (exact) mass is 480 g/mol. The summed E-state index contributed by atoms with van der Waals surface area (Å²) in [5, 5.41) is 18.4. The van der Waals surface area contributed by atoms with E-state index in [1.807, 2.05) is 0 Å². The first-order valence-corrected chi connectivity index (χ1v) is 10.5. The molecule has 174 valence electrons. The predicted molar refractivity (Wildman–Crippen MR) is 130 cm³/mol. The molecule has 0 saturated carbocycles. The second-order valence-electron chi connectivity index (χ2n) is 7.26. The third-order valence-corrected chi connectivity index (χ3v) is 5.02. The normalized spacial score (nSPS) is 11.0. The van der Waals surface area contributed by atoms with Crippen LogP contribution in [0.2, 0.25) is 5.02 Å². The van der Waals surface area contributed by atoms with Crippen molar-refractivity contribution in [2.75, 3.05) is 11.9 Å². The van der Waals surface area contributed by atoms with Gasteiger partial charge in [0, 0.05) is 27.9 Å². The van der Waals surface area contributed by atoms with Crippen molar-refractivity contribution in [3.05, 3.63) is 98.6 Å². The average Bonchev–Trinajstić information content (AvgIpc) is 2.82. The zero-order valence-electron chi connectivity index (χ0n) is 18.4. The molecular formula is C24H21ClN4O5. The minimum absolute atomic E-state index is 0.132. The van der Waals surface area contributed by atoms with Crippen LogP contribution in [0.25, 0.3) is 0 Å². The molecule has 0 aromatic heterocycles. The largest absolute Gasteiger partial charge is 0.484 e. The molecule has 3 aromatic rings. The molecule has 2 amide bonds. The number of benzene rings is 3. The van der Waals surface area contributed by atoms with Crippen molar-refractivity contribution < 1.29 is 19.2 Å². The highest BCUT2D eigenvalue weighted by atomic mass is 35.5. The summed E-state index contributed by atoms with van der Waals surface area (Å²) < 4.78 is 5.41. The van der Waals surface area contributed by atoms with E-state index in [4.69, 9.17) is 16.3 Å². The van der Waals surface area contributed by atoms with E-state index < -0.39 is 10.8 Å². The van der Waals surface area contributed by atoms with E-state index in [9.17, 15) is 19.7 Å². The quantitative estimate of drug-likeness (QED) is 0.274. The predicted octanol–water partition coefficient (Wildman–Crippen LogP) is 4.73. The molecule has 3 rings (SSSR count). The van der Waals surface area contributed by atoms with Crippen molar-refractivity contribution in [3.63, 3.8) is 0 Å². The molecule has 0 fully saturated rings. The third-order valence-electron chi connectivity index (χ3n) is 4.76. The molecule has 10 heteroatoms. The third kappa shape index (κ3) is 6.63. The van der Waals surface area contributed by atoms with Crippen molar-refractivity contribution in [1.82, 2.24) is 5.43 Å². The van der Waals surface area contributed by atoms with Gasteiger partial charge in [0.05, 0.1) is 10.6 Å². The maximum absolute atomic E-state index is 12.3. The number of amides is 2. The standard InChI is InChI=1S/C24H21ClN4O5/c1-15-3-4-18(13-22(15)29(32)33)24(31)28-27-16(2)17-5-9-20(10-6-17)26-23(30)14-34-21-11-7-19(25)8-12-21/h3-13H,14H2,1-2H3,(H,26,30)(H,28,31)/b27-16-. The Kier molecular flexibility index (Phi) is 7.94. The van der Waals surface area contributed by atoms with Gasteiger partial charge in [-0.05, 0) is 61.9 Å². The first-order chi connectivity index (χ1) is 16.2. The van der Waals surface area contributed by atoms with Crippen LogP contribution in [0.5, 0.6) is 5.75 Å². The summed E-state index contributed by atoms with van der Waals surface area (Å²) in [5.74, 6) is -0.358. The van der Waals surface area contributed by atoms with Crippen LogP contribution in [0.3, 0.4) is 0 Å². The molecular weight excluding hydrogens is 460 g/mol. The molecule has 0 aliphatic carbocycles. The molecule has 0 bridgehead atoms. The van der Waals surface area contributed by atoms with Crippen molar-refractivity contribution in [1.29, 1.82) is 0 Å². The molecule has 0 radical (unpaired) electrons. The summed E-state index contributed by atoms with van der Waals surface area (Å²) in [6.07, 6.45) is 0. The number of nitrogens with one attached hydrogen (secondary N) is 2. The first kappa shape index (κ1) is 24.4. The van der Waals surface area contributed by atoms with Gasteiger partial charge in [0.1, 0.15) is 5.75 Å². The molecule has 0 atom stereocenters. The summed E-state index contributed by atoms with van der Waals surface area (Å²) in [6, 6.07) is 17.8. The topological polar surface area (TPSA) is 123 Å². The highest BCUT2D eigenvalue weighted by molar-refractivity contribution is 6.30. The molecule has 0 spiro atoms. The lowest BCUT2D eigenvalue weighted by Gasteiger charge is -2.08. The Balaban J connectivity index is 1.55. The summed E-state index contributed by atoms with van der Waals surface area (Å²) >= 11 is 5.81. The highest BCUT2D eigenvalue weighted by Gasteiger charge is 2.15. The summed E-state index contributed by atoms with van der Waals surface area (Å²) in [4.78, 5) is 34.9. The first-order valence-electron chi connectivity index (χ1n) is 10.1. The van der Waals surface area contributed by atoms with Crippen LogP contribution < -0.4 is 15.5 Å². The van der Waals surface area contributed by atoms with Crippen molar-refractivity contribution in [2.24, 2.45) is 5.10 Å². The number of nitro benzene ring substituents is 1. The molecule has 34 heavy (non-hydrogen) atoms. The van der Waals surface area contributed by atoms with E-state index in [0.29, 0.717) is 33.3 Å². The minimum Gasteiger partial charge on any atom is -0.484 e. The number of hydrogen-bond acceptors (Lipinski definition) is 6. The fourth-order valence-corrected chi connectivity index (χ4v) is 3.01. The Hall–Kier alpha value is -4.24. The molecule has 0 unspecified atom stereocenters. The smallest absolute Gasteiger partial charge is 0.273 e. The van der Waals surface area contributed by atoms with Crippen LogP contribution in [0.15, 0.2) is 71.8 Å². The second-order valence-corrected chi connectivity index (χ2v) is 7.70. The molecule has 0 heterocycles. The van der Waals surface area contributed by atoms with Gasteiger partial charge in [-0.2, -0.15) is 5.10 Å². The number of hydrogen-bond donors (Lipinski definition) is 2. The second kappa shape index (κ2) is 11.1. The van der Waals surface area contributed by atoms with Gasteiger partial charge in [0.25, 0.3) is 17.5 Å². The SMILES string of the molecule is C/C(=N/NC(=O)c1ccc(C)c([N+](=O)[O-])c1)c1ccc(NC(=O)COc2ccc(Cl)cc2)cc1. The zero-order valence-corrected chi connectivity index (χ0v) is 19.1. The zero-order chi connectivity index (χ0) is 24.7. The fraction of sp³-hybridized carbons (Fsp3) is 0.125. The number of aryl methyl sites for hydroxylation is 1. The molecule has 0 aliphatic heterocycles. The van der Waals surface area contributed by atoms with E-state index in [-0.39, 0.29) is 23.8 Å². The molecule has 0 saturated heterocycles. The van der Waals surface area contributed by atoms with Crippen LogP contribution >= 0.6 is 11.6 Å². The van der Waals surface area contributed by atoms with Gasteiger partial charge in [-0.1, -0.05) is 29.8 Å². The fourth-order valence-electron chi connectivity index (χ4n) is 2.88. The number of nitrogens with zero attached hydrogens (tertiary/aromatic N) is 2. The van der Waals surface area contributed by atoms with Gasteiger partial charge < -0.3 is 10.1 Å². The highest BCUT2D eigenvalue weighted by Crippen LogP contribution is 2.19. The maximum Gasteiger partial charge on any atom is 0.273 e. The van der Waals surface area contributed by atoms with Crippen LogP contribution in [-0.4, -0.2) is 29.1 Å². The number of anilines is 1. The minimum atomic E-state index is -0.563. The number of carbonyl (C=O) groups excluding carboxylic acids is 2. The van der Waals surface area contributed by atoms with Crippen LogP contribution in [0, 0.1) is 17.0 Å². The van der Waals surface area contributed by atoms with Crippen molar-refractivity contribution in [3.8, 4) is 5.75 Å². The van der Waals surface area contributed by atoms with Gasteiger partial charge in [0.2, 0.25) is 0 Å². The molecule has 9 nitrogen and oxygen atoms in total. The Morgan fingerprint density at radius 3 is 2.32 bits per heavy atom. The Morgan fingerprint density at radius 1 is 1.03 bits per heavy atom. The number of rotatable bonds is 8. The number of halogens is 1. The Bertz CT molecular complexity index is 1240. The van der Waals surface area contributed by atoms with Crippen molar-refractivity contribution in [2.45, 2.75) is 13.8 Å². The Morgan fingerprint density at radius 2 is 1.68 bits per heavy atom. The molecule has 2 N–H and O–H groups in total. The number of carbonyl (C=O) groups is 2. The van der Waals surface area contributed by atoms with E-state index in [0.717, 1.165) is 0 Å². The van der Waals surface area contributed by atoms with E-state index in [1.165, 1.54) is 18.2 Å². The summed E-state index contributed by atoms with van der Waals surface area (Å²) in [6.45, 7) is 3.14. The van der Waals surface area contributed by atoms with Gasteiger partial charge in [-0.3, -0.25) is 19.7 Å². The lowest BCUT2D eigenvalue weighted by atomic mass is 10.1. The Labute approximate surface area is 200 Å².